The smallest absolute Gasteiger partial charge is 0.344 e. The normalized spacial score (nSPS) is 15.1. The van der Waals surface area contributed by atoms with Crippen molar-refractivity contribution in [1.29, 1.82) is 0 Å². The number of aryl methyl sites for hydroxylation is 1. The Hall–Kier alpha value is -3.95. The van der Waals surface area contributed by atoms with Crippen molar-refractivity contribution in [3.8, 4) is 11.5 Å². The van der Waals surface area contributed by atoms with E-state index in [1.54, 1.807) is 6.92 Å². The van der Waals surface area contributed by atoms with Gasteiger partial charge in [-0.2, -0.15) is 0 Å². The van der Waals surface area contributed by atoms with Crippen molar-refractivity contribution in [3.63, 3.8) is 0 Å². The molecule has 42 heavy (non-hydrogen) atoms. The van der Waals surface area contributed by atoms with Crippen LogP contribution in [0.3, 0.4) is 0 Å². The zero-order chi connectivity index (χ0) is 29.6. The third kappa shape index (κ3) is 6.58. The van der Waals surface area contributed by atoms with Crippen LogP contribution in [0.1, 0.15) is 25.0 Å². The molecule has 0 saturated carbocycles. The van der Waals surface area contributed by atoms with Gasteiger partial charge in [0.25, 0.3) is 0 Å². The Labute approximate surface area is 257 Å². The first kappa shape index (κ1) is 29.5. The van der Waals surface area contributed by atoms with Crippen LogP contribution in [0, 0.1) is 6.92 Å². The molecule has 0 unspecified atom stereocenters. The first-order valence-corrected chi connectivity index (χ1v) is 15.3. The Bertz CT molecular complexity index is 1710. The van der Waals surface area contributed by atoms with Gasteiger partial charge in [-0.3, -0.25) is 0 Å². The predicted molar refractivity (Wildman–Crippen MR) is 173 cm³/mol. The second-order valence-electron chi connectivity index (χ2n) is 9.45. The standard InChI is InChI=1S/C33H31BrN2O5S/c1-4-39-25-13-11-24(12-14-25)35-32-30(33(38)40-5-2)31(37)29(42-32)18-22-20-36(27-15-10-23(34)19-26(22)27)16-17-41-28-9-7-6-8-21(28)3/h6-15,18-20,37H,4-5,16-17H2,1-3H3/b29-18-,35-32?. The topological polar surface area (TPSA) is 82.3 Å². The average molecular weight is 648 g/mol. The van der Waals surface area contributed by atoms with Crippen molar-refractivity contribution in [2.45, 2.75) is 27.3 Å². The molecule has 0 fully saturated rings. The minimum absolute atomic E-state index is 0.0542. The Morgan fingerprint density at radius 1 is 1.05 bits per heavy atom. The largest absolute Gasteiger partial charge is 0.506 e. The highest BCUT2D eigenvalue weighted by molar-refractivity contribution is 9.10. The molecule has 9 heteroatoms. The number of hydrogen-bond donors (Lipinski definition) is 1. The zero-order valence-corrected chi connectivity index (χ0v) is 26.0. The third-order valence-corrected chi connectivity index (χ3v) is 8.11. The van der Waals surface area contributed by atoms with E-state index in [9.17, 15) is 9.90 Å². The number of rotatable bonds is 10. The maximum Gasteiger partial charge on any atom is 0.344 e. The van der Waals surface area contributed by atoms with E-state index in [1.165, 1.54) is 11.8 Å². The summed E-state index contributed by atoms with van der Waals surface area (Å²) in [7, 11) is 0. The fourth-order valence-corrected chi connectivity index (χ4v) is 5.99. The lowest BCUT2D eigenvalue weighted by atomic mass is 10.1. The van der Waals surface area contributed by atoms with Gasteiger partial charge in [0.05, 0.1) is 30.4 Å². The summed E-state index contributed by atoms with van der Waals surface area (Å²) in [5.74, 6) is 0.829. The monoisotopic (exact) mass is 646 g/mol. The summed E-state index contributed by atoms with van der Waals surface area (Å²) in [5.41, 5.74) is 3.69. The molecular formula is C33H31BrN2O5S. The second-order valence-corrected chi connectivity index (χ2v) is 11.4. The van der Waals surface area contributed by atoms with E-state index in [0.717, 1.165) is 38.0 Å². The van der Waals surface area contributed by atoms with Gasteiger partial charge in [0, 0.05) is 27.1 Å². The number of ether oxygens (including phenoxy) is 3. The van der Waals surface area contributed by atoms with Gasteiger partial charge in [0.15, 0.2) is 0 Å². The summed E-state index contributed by atoms with van der Waals surface area (Å²) >= 11 is 4.82. The van der Waals surface area contributed by atoms with Crippen LogP contribution in [-0.4, -0.2) is 40.5 Å². The highest BCUT2D eigenvalue weighted by Gasteiger charge is 2.33. The molecule has 1 aliphatic rings. The van der Waals surface area contributed by atoms with Gasteiger partial charge in [0.1, 0.15) is 34.5 Å². The number of carbonyl (C=O) groups is 1. The lowest BCUT2D eigenvalue weighted by Crippen LogP contribution is -2.12. The number of aliphatic hydroxyl groups excluding tert-OH is 1. The van der Waals surface area contributed by atoms with Gasteiger partial charge in [-0.1, -0.05) is 45.9 Å². The summed E-state index contributed by atoms with van der Waals surface area (Å²) in [5, 5.41) is 12.6. The average Bonchev–Trinajstić information content (AvgIpc) is 3.47. The van der Waals surface area contributed by atoms with Crippen LogP contribution in [0.5, 0.6) is 11.5 Å². The lowest BCUT2D eigenvalue weighted by Gasteiger charge is -2.10. The minimum atomic E-state index is -0.617. The van der Waals surface area contributed by atoms with Crippen molar-refractivity contribution in [2.24, 2.45) is 4.99 Å². The second kappa shape index (κ2) is 13.4. The van der Waals surface area contributed by atoms with Crippen molar-refractivity contribution in [3.05, 3.63) is 105 Å². The minimum Gasteiger partial charge on any atom is -0.506 e. The third-order valence-electron chi connectivity index (χ3n) is 6.59. The number of fused-ring (bicyclic) bond motifs is 1. The fraction of sp³-hybridized carbons (Fsp3) is 0.212. The molecule has 216 valence electrons. The molecule has 1 aromatic heterocycles. The van der Waals surface area contributed by atoms with Gasteiger partial charge in [-0.05, 0) is 80.9 Å². The van der Waals surface area contributed by atoms with Crippen LogP contribution in [0.4, 0.5) is 5.69 Å². The SMILES string of the molecule is CCOC(=O)C1=C(O)/C(=C/c2cn(CCOc3ccccc3C)c3ccc(Br)cc23)SC1=Nc1ccc(OCC)cc1. The molecule has 1 aliphatic heterocycles. The molecule has 0 aliphatic carbocycles. The molecule has 1 N–H and O–H groups in total. The van der Waals surface area contributed by atoms with E-state index in [4.69, 9.17) is 14.2 Å². The summed E-state index contributed by atoms with van der Waals surface area (Å²) in [4.78, 5) is 18.1. The Morgan fingerprint density at radius 3 is 2.57 bits per heavy atom. The Kier molecular flexibility index (Phi) is 9.39. The molecule has 0 amide bonds. The zero-order valence-electron chi connectivity index (χ0n) is 23.6. The van der Waals surface area contributed by atoms with Crippen molar-refractivity contribution >= 4 is 61.4 Å². The molecule has 0 saturated heterocycles. The molecule has 2 heterocycles. The quantitative estimate of drug-likeness (QED) is 0.174. The van der Waals surface area contributed by atoms with Gasteiger partial charge < -0.3 is 23.9 Å². The maximum atomic E-state index is 12.9. The van der Waals surface area contributed by atoms with E-state index in [-0.39, 0.29) is 17.9 Å². The molecule has 0 bridgehead atoms. The highest BCUT2D eigenvalue weighted by Crippen LogP contribution is 2.41. The number of aromatic nitrogens is 1. The van der Waals surface area contributed by atoms with Crippen molar-refractivity contribution in [2.75, 3.05) is 19.8 Å². The number of nitrogens with zero attached hydrogens (tertiary/aromatic N) is 2. The van der Waals surface area contributed by atoms with Crippen LogP contribution in [0.15, 0.2) is 98.6 Å². The molecule has 0 atom stereocenters. The summed E-state index contributed by atoms with van der Waals surface area (Å²) < 4.78 is 19.9. The maximum absolute atomic E-state index is 12.9. The first-order chi connectivity index (χ1) is 20.4. The van der Waals surface area contributed by atoms with Crippen molar-refractivity contribution in [1.82, 2.24) is 4.57 Å². The van der Waals surface area contributed by atoms with Crippen LogP contribution < -0.4 is 9.47 Å². The van der Waals surface area contributed by atoms with E-state index >= 15 is 0 Å². The van der Waals surface area contributed by atoms with E-state index < -0.39 is 5.97 Å². The number of carbonyl (C=O) groups excluding carboxylic acids is 1. The number of halogens is 1. The fourth-order valence-electron chi connectivity index (χ4n) is 4.60. The Morgan fingerprint density at radius 2 is 1.83 bits per heavy atom. The molecule has 4 aromatic rings. The van der Waals surface area contributed by atoms with Crippen LogP contribution in [-0.2, 0) is 16.1 Å². The molecule has 0 radical (unpaired) electrons. The first-order valence-electron chi connectivity index (χ1n) is 13.7. The Balaban J connectivity index is 1.48. The number of benzene rings is 3. The molecule has 3 aromatic carbocycles. The van der Waals surface area contributed by atoms with Gasteiger partial charge in [0.2, 0.25) is 0 Å². The number of thioether (sulfide) groups is 1. The number of hydrogen-bond acceptors (Lipinski definition) is 7. The molecular weight excluding hydrogens is 616 g/mol. The summed E-state index contributed by atoms with van der Waals surface area (Å²) in [6, 6.07) is 21.3. The number of para-hydroxylation sites is 1. The molecule has 7 nitrogen and oxygen atoms in total. The van der Waals surface area contributed by atoms with Gasteiger partial charge in [-0.15, -0.1) is 0 Å². The summed E-state index contributed by atoms with van der Waals surface area (Å²) in [6.45, 7) is 7.55. The van der Waals surface area contributed by atoms with Gasteiger partial charge in [-0.25, -0.2) is 9.79 Å². The molecule has 0 spiro atoms. The van der Waals surface area contributed by atoms with E-state index in [1.807, 2.05) is 86.8 Å². The number of aliphatic hydroxyl groups is 1. The van der Waals surface area contributed by atoms with E-state index in [2.05, 4.69) is 31.6 Å². The number of esters is 1. The highest BCUT2D eigenvalue weighted by atomic mass is 79.9. The lowest BCUT2D eigenvalue weighted by molar-refractivity contribution is -0.138. The van der Waals surface area contributed by atoms with Crippen molar-refractivity contribution < 1.29 is 24.1 Å². The molecule has 5 rings (SSSR count). The van der Waals surface area contributed by atoms with Crippen LogP contribution >= 0.6 is 27.7 Å². The van der Waals surface area contributed by atoms with Crippen LogP contribution in [0.2, 0.25) is 0 Å². The number of aliphatic imine (C=N–C) groups is 1. The van der Waals surface area contributed by atoms with Crippen LogP contribution in [0.25, 0.3) is 17.0 Å². The van der Waals surface area contributed by atoms with E-state index in [0.29, 0.717) is 35.4 Å². The van der Waals surface area contributed by atoms with Gasteiger partial charge >= 0.3 is 5.97 Å². The summed E-state index contributed by atoms with van der Waals surface area (Å²) in [6.07, 6.45) is 3.91. The predicted octanol–water partition coefficient (Wildman–Crippen LogP) is 8.38.